The molecule has 1 atom stereocenters. The Morgan fingerprint density at radius 3 is 2.95 bits per heavy atom. The smallest absolute Gasteiger partial charge is 0.124 e. The van der Waals surface area contributed by atoms with Crippen LogP contribution in [0.3, 0.4) is 0 Å². The van der Waals surface area contributed by atoms with Gasteiger partial charge >= 0.3 is 0 Å². The first-order valence-corrected chi connectivity index (χ1v) is 8.02. The number of nitriles is 1. The highest BCUT2D eigenvalue weighted by atomic mass is 35.5. The maximum absolute atomic E-state index is 11.6. The van der Waals surface area contributed by atoms with Crippen LogP contribution in [-0.4, -0.2) is 25.3 Å². The minimum atomic E-state index is -0.829. The van der Waals surface area contributed by atoms with E-state index < -0.39 is 10.8 Å². The molecule has 4 nitrogen and oxygen atoms in total. The summed E-state index contributed by atoms with van der Waals surface area (Å²) >= 11 is 5.90. The lowest BCUT2D eigenvalue weighted by Gasteiger charge is -2.07. The lowest BCUT2D eigenvalue weighted by atomic mass is 10.2. The van der Waals surface area contributed by atoms with Gasteiger partial charge in [-0.3, -0.25) is 4.21 Å². The molecule has 0 radical (unpaired) electrons. The summed E-state index contributed by atoms with van der Waals surface area (Å²) in [5, 5.41) is 8.95. The highest BCUT2D eigenvalue weighted by Gasteiger charge is 2.11. The Bertz CT molecular complexity index is 660. The highest BCUT2D eigenvalue weighted by molar-refractivity contribution is 7.84. The molecule has 0 saturated heterocycles. The number of rotatable bonds is 5. The number of halogens is 1. The molecule has 19 heavy (non-hydrogen) atoms. The summed E-state index contributed by atoms with van der Waals surface area (Å²) in [6.45, 7) is 2.51. The monoisotopic (exact) mass is 295 g/mol. The number of hydrogen-bond donors (Lipinski definition) is 0. The van der Waals surface area contributed by atoms with E-state index >= 15 is 0 Å². The number of fused-ring (bicyclic) bond motifs is 1. The van der Waals surface area contributed by atoms with Gasteiger partial charge in [0, 0.05) is 28.9 Å². The van der Waals surface area contributed by atoms with Gasteiger partial charge < -0.3 is 4.57 Å². The Kier molecular flexibility index (Phi) is 4.56. The molecule has 0 N–H and O–H groups in total. The molecule has 1 aromatic heterocycles. The molecular weight excluding hydrogens is 282 g/mol. The summed E-state index contributed by atoms with van der Waals surface area (Å²) in [4.78, 5) is 4.43. The average Bonchev–Trinajstić information content (AvgIpc) is 2.81. The zero-order valence-corrected chi connectivity index (χ0v) is 12.2. The number of aryl methyl sites for hydroxylation is 1. The van der Waals surface area contributed by atoms with Crippen molar-refractivity contribution >= 4 is 33.4 Å². The van der Waals surface area contributed by atoms with Crippen LogP contribution in [-0.2, 0) is 23.2 Å². The minimum Gasteiger partial charge on any atom is -0.326 e. The van der Waals surface area contributed by atoms with Gasteiger partial charge in [-0.05, 0) is 18.2 Å². The predicted molar refractivity (Wildman–Crippen MR) is 77.6 cm³/mol. The van der Waals surface area contributed by atoms with Gasteiger partial charge in [-0.1, -0.05) is 6.92 Å². The average molecular weight is 296 g/mol. The van der Waals surface area contributed by atoms with Crippen LogP contribution in [0.25, 0.3) is 11.0 Å². The van der Waals surface area contributed by atoms with Crippen molar-refractivity contribution in [1.29, 1.82) is 5.26 Å². The Balaban J connectivity index is 2.43. The zero-order chi connectivity index (χ0) is 13.8. The summed E-state index contributed by atoms with van der Waals surface area (Å²) in [6.07, 6.45) is 0. The number of nitrogens with zero attached hydrogens (tertiary/aromatic N) is 3. The number of alkyl halides is 1. The molecular formula is C13H14ClN3OS. The van der Waals surface area contributed by atoms with Gasteiger partial charge in [-0.25, -0.2) is 4.98 Å². The van der Waals surface area contributed by atoms with Crippen LogP contribution in [0.2, 0.25) is 0 Å². The summed E-state index contributed by atoms with van der Waals surface area (Å²) in [6, 6.07) is 7.47. The summed E-state index contributed by atoms with van der Waals surface area (Å²) in [7, 11) is -0.829. The molecule has 0 amide bonds. The summed E-state index contributed by atoms with van der Waals surface area (Å²) < 4.78 is 13.5. The van der Waals surface area contributed by atoms with Gasteiger partial charge in [0.1, 0.15) is 5.82 Å². The van der Waals surface area contributed by atoms with Crippen LogP contribution in [0.5, 0.6) is 0 Å². The van der Waals surface area contributed by atoms with Crippen LogP contribution in [0.4, 0.5) is 0 Å². The number of aromatic nitrogens is 2. The quantitative estimate of drug-likeness (QED) is 0.796. The Labute approximate surface area is 119 Å². The van der Waals surface area contributed by atoms with Crippen LogP contribution < -0.4 is 0 Å². The van der Waals surface area contributed by atoms with Crippen molar-refractivity contribution in [2.75, 3.05) is 11.5 Å². The van der Waals surface area contributed by atoms with E-state index in [1.165, 1.54) is 0 Å². The van der Waals surface area contributed by atoms with Crippen molar-refractivity contribution in [3.05, 3.63) is 29.6 Å². The maximum atomic E-state index is 11.6. The van der Waals surface area contributed by atoms with Crippen LogP contribution in [0, 0.1) is 11.3 Å². The third-order valence-corrected chi connectivity index (χ3v) is 4.46. The molecule has 0 bridgehead atoms. The number of benzene rings is 1. The van der Waals surface area contributed by atoms with E-state index in [1.807, 2.05) is 17.6 Å². The third kappa shape index (κ3) is 2.96. The van der Waals surface area contributed by atoms with Gasteiger partial charge in [0.2, 0.25) is 0 Å². The number of hydrogen-bond acceptors (Lipinski definition) is 3. The van der Waals surface area contributed by atoms with Crippen molar-refractivity contribution in [2.24, 2.45) is 0 Å². The fourth-order valence-corrected chi connectivity index (χ4v) is 2.81. The summed E-state index contributed by atoms with van der Waals surface area (Å²) in [5.74, 6) is 2.27. The SMILES string of the molecule is CCS(=O)CCn1c(CCl)nc2ccc(C#N)cc21. The van der Waals surface area contributed by atoms with Gasteiger partial charge in [0.25, 0.3) is 0 Å². The van der Waals surface area contributed by atoms with E-state index in [0.29, 0.717) is 29.5 Å². The first-order chi connectivity index (χ1) is 9.19. The van der Waals surface area contributed by atoms with E-state index in [2.05, 4.69) is 11.1 Å². The van der Waals surface area contributed by atoms with Crippen LogP contribution >= 0.6 is 11.6 Å². The second kappa shape index (κ2) is 6.18. The standard InChI is InChI=1S/C13H14ClN3OS/c1-2-19(18)6-5-17-12-7-10(9-15)3-4-11(12)16-13(17)8-14/h3-4,7H,2,5-6,8H2,1H3. The second-order valence-corrected chi connectivity index (χ2v) is 6.19. The fraction of sp³-hybridized carbons (Fsp3) is 0.385. The van der Waals surface area contributed by atoms with Crippen LogP contribution in [0.15, 0.2) is 18.2 Å². The van der Waals surface area contributed by atoms with E-state index in [-0.39, 0.29) is 0 Å². The van der Waals surface area contributed by atoms with Crippen molar-refractivity contribution < 1.29 is 4.21 Å². The molecule has 6 heteroatoms. The lowest BCUT2D eigenvalue weighted by Crippen LogP contribution is -2.11. The van der Waals surface area contributed by atoms with Gasteiger partial charge in [0.15, 0.2) is 0 Å². The highest BCUT2D eigenvalue weighted by Crippen LogP contribution is 2.19. The molecule has 1 aromatic carbocycles. The molecule has 2 aromatic rings. The number of imidazole rings is 1. The van der Waals surface area contributed by atoms with Crippen molar-refractivity contribution in [2.45, 2.75) is 19.3 Å². The Morgan fingerprint density at radius 2 is 2.32 bits per heavy atom. The van der Waals surface area contributed by atoms with E-state index in [9.17, 15) is 4.21 Å². The Hall–Kier alpha value is -1.38. The molecule has 100 valence electrons. The molecule has 1 unspecified atom stereocenters. The largest absolute Gasteiger partial charge is 0.326 e. The molecule has 1 heterocycles. The normalized spacial score (nSPS) is 12.5. The molecule has 0 aliphatic carbocycles. The first kappa shape index (κ1) is 14.0. The van der Waals surface area contributed by atoms with Gasteiger partial charge in [0.05, 0.1) is 28.5 Å². The van der Waals surface area contributed by atoms with Crippen molar-refractivity contribution in [1.82, 2.24) is 9.55 Å². The van der Waals surface area contributed by atoms with E-state index in [1.54, 1.807) is 12.1 Å². The maximum Gasteiger partial charge on any atom is 0.124 e. The minimum absolute atomic E-state index is 0.301. The second-order valence-electron chi connectivity index (χ2n) is 4.06. The lowest BCUT2D eigenvalue weighted by molar-refractivity contribution is 0.673. The molecule has 0 aliphatic rings. The zero-order valence-electron chi connectivity index (χ0n) is 10.6. The van der Waals surface area contributed by atoms with Crippen molar-refractivity contribution in [3.8, 4) is 6.07 Å². The molecule has 0 fully saturated rings. The summed E-state index contributed by atoms with van der Waals surface area (Å²) in [5.41, 5.74) is 2.28. The van der Waals surface area contributed by atoms with Crippen LogP contribution in [0.1, 0.15) is 18.3 Å². The van der Waals surface area contributed by atoms with Gasteiger partial charge in [-0.2, -0.15) is 5.26 Å². The fourth-order valence-electron chi connectivity index (χ4n) is 1.93. The third-order valence-electron chi connectivity index (χ3n) is 2.94. The predicted octanol–water partition coefficient (Wildman–Crippen LogP) is 2.42. The molecule has 0 aliphatic heterocycles. The molecule has 2 rings (SSSR count). The Morgan fingerprint density at radius 1 is 1.53 bits per heavy atom. The van der Waals surface area contributed by atoms with Crippen molar-refractivity contribution in [3.63, 3.8) is 0 Å². The topological polar surface area (TPSA) is 58.7 Å². The molecule has 0 spiro atoms. The first-order valence-electron chi connectivity index (χ1n) is 5.99. The van der Waals surface area contributed by atoms with Gasteiger partial charge in [-0.15, -0.1) is 11.6 Å². The molecule has 0 saturated carbocycles. The van der Waals surface area contributed by atoms with E-state index in [0.717, 1.165) is 16.9 Å². The van der Waals surface area contributed by atoms with E-state index in [4.69, 9.17) is 16.9 Å².